The first-order valence-electron chi connectivity index (χ1n) is 13.4. The van der Waals surface area contributed by atoms with Gasteiger partial charge in [0.05, 0.1) is 24.8 Å². The first kappa shape index (κ1) is 29.3. The SMILES string of the molecule is C[C@@H]1CN([C@H](C)CO)C(=O)c2cc(NC(=O)NC3CCCCC3)ccc2O[C@H]1CN(C)S(=O)(=O)c1cccs1. The maximum absolute atomic E-state index is 13.6. The molecule has 4 rings (SSSR count). The molecule has 214 valence electrons. The topological polar surface area (TPSA) is 128 Å². The third-order valence-corrected chi connectivity index (χ3v) is 10.7. The summed E-state index contributed by atoms with van der Waals surface area (Å²) in [5, 5.41) is 17.4. The number of likely N-dealkylation sites (N-methyl/N-ethyl adjacent to an activating group) is 1. The van der Waals surface area contributed by atoms with Gasteiger partial charge < -0.3 is 25.4 Å². The Morgan fingerprint density at radius 2 is 2.00 bits per heavy atom. The summed E-state index contributed by atoms with van der Waals surface area (Å²) in [4.78, 5) is 27.9. The van der Waals surface area contributed by atoms with Crippen LogP contribution in [0.15, 0.2) is 39.9 Å². The van der Waals surface area contributed by atoms with Crippen LogP contribution in [0, 0.1) is 5.92 Å². The number of aliphatic hydroxyl groups excluding tert-OH is 1. The summed E-state index contributed by atoms with van der Waals surface area (Å²) in [5.41, 5.74) is 0.685. The average Bonchev–Trinajstić information content (AvgIpc) is 3.47. The van der Waals surface area contributed by atoms with Gasteiger partial charge >= 0.3 is 6.03 Å². The standard InChI is InChI=1S/C27H38N4O6S2/c1-18-15-31(19(2)17-32)26(33)22-14-21(29-27(34)28-20-8-5-4-6-9-20)11-12-23(22)37-24(18)16-30(3)39(35,36)25-10-7-13-38-25/h7,10-14,18-20,24,32H,4-6,8-9,15-17H2,1-3H3,(H2,28,29,34)/t18-,19-,24+/m1/s1. The lowest BCUT2D eigenvalue weighted by Gasteiger charge is -2.38. The second-order valence-electron chi connectivity index (χ2n) is 10.5. The van der Waals surface area contributed by atoms with Gasteiger partial charge in [0, 0.05) is 31.2 Å². The number of thiophene rings is 1. The fourth-order valence-corrected chi connectivity index (χ4v) is 7.42. The zero-order chi connectivity index (χ0) is 28.2. The molecule has 2 aliphatic rings. The highest BCUT2D eigenvalue weighted by molar-refractivity contribution is 7.91. The van der Waals surface area contributed by atoms with Gasteiger partial charge in [0.15, 0.2) is 0 Å². The molecule has 2 heterocycles. The molecule has 0 radical (unpaired) electrons. The number of amides is 3. The molecule has 0 spiro atoms. The molecule has 1 aliphatic heterocycles. The molecule has 3 N–H and O–H groups in total. The highest BCUT2D eigenvalue weighted by Gasteiger charge is 2.35. The lowest BCUT2D eigenvalue weighted by molar-refractivity contribution is 0.0387. The van der Waals surface area contributed by atoms with E-state index in [1.807, 2.05) is 6.92 Å². The normalized spacial score (nSPS) is 21.5. The van der Waals surface area contributed by atoms with Crippen LogP contribution in [-0.4, -0.2) is 79.6 Å². The molecule has 1 aromatic carbocycles. The van der Waals surface area contributed by atoms with Gasteiger partial charge in [0.2, 0.25) is 0 Å². The molecule has 3 atom stereocenters. The third kappa shape index (κ3) is 6.92. The molecule has 1 aromatic heterocycles. The molecule has 0 bridgehead atoms. The van der Waals surface area contributed by atoms with E-state index in [0.717, 1.165) is 37.0 Å². The third-order valence-electron chi connectivity index (χ3n) is 7.46. The lowest BCUT2D eigenvalue weighted by atomic mass is 9.96. The number of benzene rings is 1. The zero-order valence-corrected chi connectivity index (χ0v) is 24.3. The number of carbonyl (C=O) groups excluding carboxylic acids is 2. The van der Waals surface area contributed by atoms with Crippen LogP contribution in [0.2, 0.25) is 0 Å². The number of ether oxygens (including phenoxy) is 1. The van der Waals surface area contributed by atoms with Crippen molar-refractivity contribution in [1.82, 2.24) is 14.5 Å². The Kier molecular flexibility index (Phi) is 9.52. The van der Waals surface area contributed by atoms with Crippen LogP contribution in [-0.2, 0) is 10.0 Å². The number of nitrogens with one attached hydrogen (secondary N) is 2. The Labute approximate surface area is 234 Å². The van der Waals surface area contributed by atoms with Crippen molar-refractivity contribution in [2.75, 3.05) is 32.1 Å². The van der Waals surface area contributed by atoms with Gasteiger partial charge in [0.25, 0.3) is 15.9 Å². The van der Waals surface area contributed by atoms with Crippen LogP contribution in [0.5, 0.6) is 5.75 Å². The second kappa shape index (κ2) is 12.7. The van der Waals surface area contributed by atoms with Gasteiger partial charge in [-0.2, -0.15) is 4.31 Å². The predicted molar refractivity (Wildman–Crippen MR) is 151 cm³/mol. The molecule has 0 unspecified atom stereocenters. The van der Waals surface area contributed by atoms with E-state index in [2.05, 4.69) is 10.6 Å². The number of aliphatic hydroxyl groups is 1. The number of fused-ring (bicyclic) bond motifs is 1. The van der Waals surface area contributed by atoms with Crippen LogP contribution >= 0.6 is 11.3 Å². The Morgan fingerprint density at radius 1 is 1.26 bits per heavy atom. The predicted octanol–water partition coefficient (Wildman–Crippen LogP) is 3.74. The number of hydrogen-bond donors (Lipinski definition) is 3. The van der Waals surface area contributed by atoms with E-state index in [9.17, 15) is 23.1 Å². The van der Waals surface area contributed by atoms with Crippen molar-refractivity contribution >= 4 is 39.0 Å². The number of sulfonamides is 1. The molecule has 1 aliphatic carbocycles. The van der Waals surface area contributed by atoms with Gasteiger partial charge in [-0.25, -0.2) is 13.2 Å². The molecule has 2 aromatic rings. The molecule has 10 nitrogen and oxygen atoms in total. The zero-order valence-electron chi connectivity index (χ0n) is 22.6. The fraction of sp³-hybridized carbons (Fsp3) is 0.556. The summed E-state index contributed by atoms with van der Waals surface area (Å²) >= 11 is 1.15. The van der Waals surface area contributed by atoms with Crippen LogP contribution in [0.25, 0.3) is 0 Å². The summed E-state index contributed by atoms with van der Waals surface area (Å²) in [5.74, 6) is -0.268. The number of carbonyl (C=O) groups is 2. The minimum absolute atomic E-state index is 0.0696. The summed E-state index contributed by atoms with van der Waals surface area (Å²) in [6.07, 6.45) is 4.71. The summed E-state index contributed by atoms with van der Waals surface area (Å²) in [6, 6.07) is 7.48. The number of rotatable bonds is 8. The molecule has 1 saturated carbocycles. The molecular weight excluding hydrogens is 540 g/mol. The summed E-state index contributed by atoms with van der Waals surface area (Å²) in [7, 11) is -2.18. The molecule has 12 heteroatoms. The number of urea groups is 1. The van der Waals surface area contributed by atoms with Crippen molar-refractivity contribution in [3.8, 4) is 5.75 Å². The largest absolute Gasteiger partial charge is 0.488 e. The van der Waals surface area contributed by atoms with Crippen molar-refractivity contribution in [2.45, 2.75) is 68.3 Å². The Balaban J connectivity index is 1.58. The van der Waals surface area contributed by atoms with Crippen LogP contribution in [0.1, 0.15) is 56.3 Å². The van der Waals surface area contributed by atoms with Gasteiger partial charge in [-0.05, 0) is 49.4 Å². The lowest BCUT2D eigenvalue weighted by Crippen LogP contribution is -2.50. The van der Waals surface area contributed by atoms with E-state index in [1.54, 1.807) is 47.5 Å². The van der Waals surface area contributed by atoms with Crippen molar-refractivity contribution in [2.24, 2.45) is 5.92 Å². The van der Waals surface area contributed by atoms with Crippen molar-refractivity contribution in [3.63, 3.8) is 0 Å². The molecular formula is C27H38N4O6S2. The minimum atomic E-state index is -3.70. The van der Waals surface area contributed by atoms with Gasteiger partial charge in [-0.15, -0.1) is 11.3 Å². The first-order valence-corrected chi connectivity index (χ1v) is 15.7. The van der Waals surface area contributed by atoms with Gasteiger partial charge in [-0.1, -0.05) is 32.3 Å². The van der Waals surface area contributed by atoms with Crippen molar-refractivity contribution in [3.05, 3.63) is 41.3 Å². The maximum Gasteiger partial charge on any atom is 0.319 e. The minimum Gasteiger partial charge on any atom is -0.488 e. The Bertz CT molecular complexity index is 1250. The molecule has 3 amide bonds. The fourth-order valence-electron chi connectivity index (χ4n) is 5.03. The van der Waals surface area contributed by atoms with E-state index in [0.29, 0.717) is 11.4 Å². The average molecular weight is 579 g/mol. The molecule has 1 fully saturated rings. The highest BCUT2D eigenvalue weighted by Crippen LogP contribution is 2.31. The number of anilines is 1. The van der Waals surface area contributed by atoms with E-state index in [-0.39, 0.29) is 53.4 Å². The van der Waals surface area contributed by atoms with Gasteiger partial charge in [-0.3, -0.25) is 4.79 Å². The van der Waals surface area contributed by atoms with E-state index in [1.165, 1.54) is 17.8 Å². The van der Waals surface area contributed by atoms with E-state index in [4.69, 9.17) is 4.74 Å². The van der Waals surface area contributed by atoms with Gasteiger partial charge in [0.1, 0.15) is 16.1 Å². The van der Waals surface area contributed by atoms with Crippen molar-refractivity contribution < 1.29 is 27.9 Å². The molecule has 39 heavy (non-hydrogen) atoms. The summed E-state index contributed by atoms with van der Waals surface area (Å²) in [6.45, 7) is 3.76. The van der Waals surface area contributed by atoms with E-state index >= 15 is 0 Å². The molecule has 0 saturated heterocycles. The van der Waals surface area contributed by atoms with Crippen LogP contribution in [0.3, 0.4) is 0 Å². The Hall–Kier alpha value is -2.67. The highest BCUT2D eigenvalue weighted by atomic mass is 32.2. The monoisotopic (exact) mass is 578 g/mol. The smallest absolute Gasteiger partial charge is 0.319 e. The van der Waals surface area contributed by atoms with Crippen LogP contribution < -0.4 is 15.4 Å². The first-order chi connectivity index (χ1) is 18.6. The van der Waals surface area contributed by atoms with Crippen molar-refractivity contribution in [1.29, 1.82) is 0 Å². The van der Waals surface area contributed by atoms with Crippen LogP contribution in [0.4, 0.5) is 10.5 Å². The second-order valence-corrected chi connectivity index (χ2v) is 13.7. The quantitative estimate of drug-likeness (QED) is 0.438. The number of nitrogens with zero attached hydrogens (tertiary/aromatic N) is 2. The maximum atomic E-state index is 13.6. The number of hydrogen-bond acceptors (Lipinski definition) is 7. The Morgan fingerprint density at radius 3 is 2.67 bits per heavy atom. The summed E-state index contributed by atoms with van der Waals surface area (Å²) < 4.78 is 34.0. The van der Waals surface area contributed by atoms with E-state index < -0.39 is 22.2 Å².